The van der Waals surface area contributed by atoms with Gasteiger partial charge in [0, 0.05) is 13.3 Å². The van der Waals surface area contributed by atoms with Crippen LogP contribution in [0.5, 0.6) is 0 Å². The van der Waals surface area contributed by atoms with Gasteiger partial charge in [0.25, 0.3) is 0 Å². The van der Waals surface area contributed by atoms with Gasteiger partial charge in [-0.2, -0.15) is 0 Å². The van der Waals surface area contributed by atoms with E-state index in [0.29, 0.717) is 0 Å². The number of hydrogen-bond acceptors (Lipinski definition) is 3. The quantitative estimate of drug-likeness (QED) is 0.463. The molecule has 64 valence electrons. The summed E-state index contributed by atoms with van der Waals surface area (Å²) in [6, 6.07) is 0. The first-order valence-corrected chi connectivity index (χ1v) is 3.69. The molecular formula is C8H16N2O. The maximum Gasteiger partial charge on any atom is 0.127 e. The average molecular weight is 156 g/mol. The molecule has 11 heavy (non-hydrogen) atoms. The summed E-state index contributed by atoms with van der Waals surface area (Å²) >= 11 is 0. The normalized spacial score (nSPS) is 14.6. The molecule has 2 N–H and O–H groups in total. The third-order valence-electron chi connectivity index (χ3n) is 1.50. The van der Waals surface area contributed by atoms with E-state index in [1.807, 2.05) is 20.0 Å². The van der Waals surface area contributed by atoms with E-state index in [1.165, 1.54) is 6.21 Å². The predicted octanol–water partition coefficient (Wildman–Crippen LogP) is 1.16. The van der Waals surface area contributed by atoms with Gasteiger partial charge in [-0.3, -0.25) is 5.32 Å². The molecule has 0 aromatic carbocycles. The molecule has 0 aromatic rings. The molecule has 0 spiro atoms. The number of methoxy groups -OCH3 is 1. The number of rotatable bonds is 5. The van der Waals surface area contributed by atoms with Gasteiger partial charge in [-0.1, -0.05) is 6.92 Å². The molecular weight excluding hydrogens is 140 g/mol. The van der Waals surface area contributed by atoms with Crippen LogP contribution in [0.25, 0.3) is 0 Å². The lowest BCUT2D eigenvalue weighted by Crippen LogP contribution is -2.25. The van der Waals surface area contributed by atoms with E-state index in [4.69, 9.17) is 10.1 Å². The highest BCUT2D eigenvalue weighted by atomic mass is 16.5. The third kappa shape index (κ3) is 3.91. The summed E-state index contributed by atoms with van der Waals surface area (Å²) < 4.78 is 5.04. The maximum atomic E-state index is 7.03. The molecule has 0 rings (SSSR count). The van der Waals surface area contributed by atoms with Crippen molar-refractivity contribution in [2.45, 2.75) is 19.6 Å². The Morgan fingerprint density at radius 3 is 2.64 bits per heavy atom. The van der Waals surface area contributed by atoms with Crippen molar-refractivity contribution in [3.05, 3.63) is 11.6 Å². The van der Waals surface area contributed by atoms with Gasteiger partial charge in [-0.25, -0.2) is 0 Å². The van der Waals surface area contributed by atoms with Crippen molar-refractivity contribution in [2.24, 2.45) is 0 Å². The Labute approximate surface area is 68.0 Å². The second-order valence-electron chi connectivity index (χ2n) is 2.18. The third-order valence-corrected chi connectivity index (χ3v) is 1.50. The minimum Gasteiger partial charge on any atom is -0.363 e. The zero-order valence-corrected chi connectivity index (χ0v) is 7.35. The Bertz CT molecular complexity index is 139. The summed E-state index contributed by atoms with van der Waals surface area (Å²) in [5.41, 5.74) is 0.978. The van der Waals surface area contributed by atoms with E-state index in [-0.39, 0.29) is 6.23 Å². The van der Waals surface area contributed by atoms with Crippen LogP contribution in [-0.4, -0.2) is 26.6 Å². The molecule has 0 saturated carbocycles. The van der Waals surface area contributed by atoms with Crippen LogP contribution in [0.3, 0.4) is 0 Å². The fourth-order valence-electron chi connectivity index (χ4n) is 0.732. The van der Waals surface area contributed by atoms with Crippen molar-refractivity contribution in [3.63, 3.8) is 0 Å². The topological polar surface area (TPSA) is 45.1 Å². The van der Waals surface area contributed by atoms with Crippen LogP contribution >= 0.6 is 0 Å². The zero-order valence-electron chi connectivity index (χ0n) is 7.35. The first-order chi connectivity index (χ1) is 5.28. The van der Waals surface area contributed by atoms with E-state index in [1.54, 1.807) is 7.11 Å². The minimum atomic E-state index is -0.0773. The predicted molar refractivity (Wildman–Crippen MR) is 47.0 cm³/mol. The SMILES string of the molecule is CC/C(C=N)=C/C(NC)OC. The Hall–Kier alpha value is -0.670. The first kappa shape index (κ1) is 10.3. The summed E-state index contributed by atoms with van der Waals surface area (Å²) in [5, 5.41) is 9.98. The number of nitrogens with one attached hydrogen (secondary N) is 2. The smallest absolute Gasteiger partial charge is 0.127 e. The van der Waals surface area contributed by atoms with Crippen molar-refractivity contribution in [2.75, 3.05) is 14.2 Å². The van der Waals surface area contributed by atoms with Gasteiger partial charge >= 0.3 is 0 Å². The zero-order chi connectivity index (χ0) is 8.69. The van der Waals surface area contributed by atoms with E-state index >= 15 is 0 Å². The molecule has 0 radical (unpaired) electrons. The van der Waals surface area contributed by atoms with Gasteiger partial charge in [0.05, 0.1) is 0 Å². The number of ether oxygens (including phenoxy) is 1. The minimum absolute atomic E-state index is 0.0773. The molecule has 0 bridgehead atoms. The van der Waals surface area contributed by atoms with E-state index in [0.717, 1.165) is 12.0 Å². The number of allylic oxidation sites excluding steroid dienone is 1. The molecule has 3 heteroatoms. The molecule has 0 amide bonds. The Kier molecular flexibility index (Phi) is 5.70. The first-order valence-electron chi connectivity index (χ1n) is 3.69. The van der Waals surface area contributed by atoms with Crippen molar-refractivity contribution in [3.8, 4) is 0 Å². The fraction of sp³-hybridized carbons (Fsp3) is 0.625. The lowest BCUT2D eigenvalue weighted by molar-refractivity contribution is 0.119. The molecule has 0 aromatic heterocycles. The molecule has 0 aliphatic carbocycles. The second-order valence-corrected chi connectivity index (χ2v) is 2.18. The lowest BCUT2D eigenvalue weighted by atomic mass is 10.2. The highest BCUT2D eigenvalue weighted by Crippen LogP contribution is 1.98. The van der Waals surface area contributed by atoms with Crippen LogP contribution in [0, 0.1) is 5.41 Å². The van der Waals surface area contributed by atoms with Gasteiger partial charge < -0.3 is 10.1 Å². The van der Waals surface area contributed by atoms with Gasteiger partial charge in [0.1, 0.15) is 6.23 Å². The largest absolute Gasteiger partial charge is 0.363 e. The highest BCUT2D eigenvalue weighted by molar-refractivity contribution is 5.75. The Morgan fingerprint density at radius 2 is 2.36 bits per heavy atom. The van der Waals surface area contributed by atoms with Crippen molar-refractivity contribution in [1.82, 2.24) is 5.32 Å². The average Bonchev–Trinajstić information content (AvgIpc) is 2.07. The van der Waals surface area contributed by atoms with Gasteiger partial charge in [0.2, 0.25) is 0 Å². The number of hydrogen-bond donors (Lipinski definition) is 2. The molecule has 1 atom stereocenters. The van der Waals surface area contributed by atoms with Crippen LogP contribution in [-0.2, 0) is 4.74 Å². The molecule has 1 unspecified atom stereocenters. The van der Waals surface area contributed by atoms with E-state index in [9.17, 15) is 0 Å². The van der Waals surface area contributed by atoms with Crippen LogP contribution in [0.1, 0.15) is 13.3 Å². The lowest BCUT2D eigenvalue weighted by Gasteiger charge is -2.09. The summed E-state index contributed by atoms with van der Waals surface area (Å²) in [4.78, 5) is 0. The molecule has 0 aliphatic heterocycles. The van der Waals surface area contributed by atoms with Crippen molar-refractivity contribution >= 4 is 6.21 Å². The highest BCUT2D eigenvalue weighted by Gasteiger charge is 1.98. The molecule has 0 saturated heterocycles. The van der Waals surface area contributed by atoms with Crippen molar-refractivity contribution in [1.29, 1.82) is 5.41 Å². The molecule has 0 heterocycles. The van der Waals surface area contributed by atoms with E-state index < -0.39 is 0 Å². The summed E-state index contributed by atoms with van der Waals surface area (Å²) in [6.07, 6.45) is 4.04. The number of likely N-dealkylation sites (N-methyl/N-ethyl adjacent to an activating group) is 1. The van der Waals surface area contributed by atoms with Crippen molar-refractivity contribution < 1.29 is 4.74 Å². The maximum absolute atomic E-state index is 7.03. The molecule has 3 nitrogen and oxygen atoms in total. The van der Waals surface area contributed by atoms with Crippen LogP contribution in [0.15, 0.2) is 11.6 Å². The second kappa shape index (κ2) is 6.07. The van der Waals surface area contributed by atoms with Gasteiger partial charge in [-0.15, -0.1) is 0 Å². The van der Waals surface area contributed by atoms with E-state index in [2.05, 4.69) is 5.32 Å². The molecule has 0 fully saturated rings. The Morgan fingerprint density at radius 1 is 1.73 bits per heavy atom. The Balaban J connectivity index is 4.09. The standard InChI is InChI=1S/C8H16N2O/c1-4-7(6-9)5-8(10-2)11-3/h5-6,8-10H,4H2,1-3H3/b7-5-,9-6?. The van der Waals surface area contributed by atoms with Crippen LogP contribution in [0.2, 0.25) is 0 Å². The monoisotopic (exact) mass is 156 g/mol. The van der Waals surface area contributed by atoms with Crippen LogP contribution in [0.4, 0.5) is 0 Å². The summed E-state index contributed by atoms with van der Waals surface area (Å²) in [6.45, 7) is 2.01. The fourth-order valence-corrected chi connectivity index (χ4v) is 0.732. The van der Waals surface area contributed by atoms with Gasteiger partial charge in [-0.05, 0) is 25.1 Å². The summed E-state index contributed by atoms with van der Waals surface area (Å²) in [5.74, 6) is 0. The van der Waals surface area contributed by atoms with Gasteiger partial charge in [0.15, 0.2) is 0 Å². The van der Waals surface area contributed by atoms with Crippen LogP contribution < -0.4 is 5.32 Å². The summed E-state index contributed by atoms with van der Waals surface area (Å²) in [7, 11) is 3.46. The molecule has 0 aliphatic rings.